The van der Waals surface area contributed by atoms with E-state index in [0.29, 0.717) is 13.0 Å². The first kappa shape index (κ1) is 19.7. The van der Waals surface area contributed by atoms with Gasteiger partial charge >= 0.3 is 0 Å². The van der Waals surface area contributed by atoms with Crippen LogP contribution in [-0.4, -0.2) is 55.1 Å². The average molecular weight is 342 g/mol. The fourth-order valence-electron chi connectivity index (χ4n) is 2.51. The van der Waals surface area contributed by atoms with Crippen molar-refractivity contribution in [3.63, 3.8) is 0 Å². The molecule has 0 saturated carbocycles. The van der Waals surface area contributed by atoms with Crippen LogP contribution in [0.25, 0.3) is 0 Å². The maximum Gasteiger partial charge on any atom is 0.237 e. The van der Waals surface area contributed by atoms with E-state index < -0.39 is 6.04 Å². The first-order chi connectivity index (χ1) is 10.6. The Kier molecular flexibility index (Phi) is 8.30. The van der Waals surface area contributed by atoms with Gasteiger partial charge in [0.1, 0.15) is 5.82 Å². The molecule has 1 fully saturated rings. The van der Waals surface area contributed by atoms with E-state index in [0.717, 1.165) is 44.0 Å². The standard InChI is InChI=1S/C16H27N5O.ClH/c1-3-4-14(17)16(22)19-12-13-5-6-15(18-11-13)21-9-7-20(2)8-10-21;/h5-6,11,14H,3-4,7-10,12,17H2,1-2H3,(H,19,22);1H. The van der Waals surface area contributed by atoms with Gasteiger partial charge in [0, 0.05) is 38.9 Å². The molecule has 1 aliphatic heterocycles. The van der Waals surface area contributed by atoms with E-state index in [1.807, 2.05) is 25.3 Å². The lowest BCUT2D eigenvalue weighted by Crippen LogP contribution is -2.44. The summed E-state index contributed by atoms with van der Waals surface area (Å²) in [7, 11) is 2.14. The number of hydrogen-bond acceptors (Lipinski definition) is 5. The number of nitrogens with zero attached hydrogens (tertiary/aromatic N) is 3. The molecule has 0 aliphatic carbocycles. The summed E-state index contributed by atoms with van der Waals surface area (Å²) >= 11 is 0. The molecule has 1 amide bonds. The predicted molar refractivity (Wildman–Crippen MR) is 95.9 cm³/mol. The molecule has 1 saturated heterocycles. The smallest absolute Gasteiger partial charge is 0.237 e. The summed E-state index contributed by atoms with van der Waals surface area (Å²) in [5.41, 5.74) is 6.78. The van der Waals surface area contributed by atoms with Crippen molar-refractivity contribution in [3.05, 3.63) is 23.9 Å². The third-order valence-corrected chi connectivity index (χ3v) is 4.04. The lowest BCUT2D eigenvalue weighted by molar-refractivity contribution is -0.122. The summed E-state index contributed by atoms with van der Waals surface area (Å²) in [5.74, 6) is 0.913. The second-order valence-corrected chi connectivity index (χ2v) is 5.93. The quantitative estimate of drug-likeness (QED) is 0.807. The van der Waals surface area contributed by atoms with E-state index in [1.165, 1.54) is 0 Å². The highest BCUT2D eigenvalue weighted by Gasteiger charge is 2.15. The van der Waals surface area contributed by atoms with Crippen LogP contribution in [0, 0.1) is 0 Å². The molecule has 7 heteroatoms. The lowest BCUT2D eigenvalue weighted by atomic mass is 10.1. The highest BCUT2D eigenvalue weighted by Crippen LogP contribution is 2.13. The minimum absolute atomic E-state index is 0. The van der Waals surface area contributed by atoms with E-state index in [-0.39, 0.29) is 18.3 Å². The molecular weight excluding hydrogens is 314 g/mol. The Morgan fingerprint density at radius 3 is 2.61 bits per heavy atom. The van der Waals surface area contributed by atoms with Gasteiger partial charge < -0.3 is 20.9 Å². The van der Waals surface area contributed by atoms with Gasteiger partial charge in [-0.05, 0) is 25.1 Å². The molecule has 2 heterocycles. The Balaban J connectivity index is 0.00000264. The van der Waals surface area contributed by atoms with Crippen molar-refractivity contribution in [2.45, 2.75) is 32.4 Å². The second kappa shape index (κ2) is 9.70. The third kappa shape index (κ3) is 5.97. The summed E-state index contributed by atoms with van der Waals surface area (Å²) in [6.45, 7) is 6.64. The van der Waals surface area contributed by atoms with Crippen molar-refractivity contribution in [2.24, 2.45) is 5.73 Å². The number of piperazine rings is 1. The van der Waals surface area contributed by atoms with E-state index >= 15 is 0 Å². The monoisotopic (exact) mass is 341 g/mol. The number of hydrogen-bond donors (Lipinski definition) is 2. The maximum absolute atomic E-state index is 11.8. The Labute approximate surface area is 144 Å². The predicted octanol–water partition coefficient (Wildman–Crippen LogP) is 0.999. The molecule has 1 aliphatic rings. The van der Waals surface area contributed by atoms with Crippen molar-refractivity contribution >= 4 is 24.1 Å². The van der Waals surface area contributed by atoms with E-state index in [1.54, 1.807) is 0 Å². The topological polar surface area (TPSA) is 74.5 Å². The first-order valence-corrected chi connectivity index (χ1v) is 8.02. The van der Waals surface area contributed by atoms with Crippen LogP contribution in [0.3, 0.4) is 0 Å². The van der Waals surface area contributed by atoms with Crippen molar-refractivity contribution in [2.75, 3.05) is 38.1 Å². The van der Waals surface area contributed by atoms with Crippen LogP contribution < -0.4 is 16.0 Å². The van der Waals surface area contributed by atoms with Crippen LogP contribution >= 0.6 is 12.4 Å². The number of halogens is 1. The number of carbonyl (C=O) groups excluding carboxylic acids is 1. The number of nitrogens with one attached hydrogen (secondary N) is 1. The molecule has 1 atom stereocenters. The highest BCUT2D eigenvalue weighted by molar-refractivity contribution is 5.85. The maximum atomic E-state index is 11.8. The molecule has 0 radical (unpaired) electrons. The van der Waals surface area contributed by atoms with Crippen LogP contribution in [0.4, 0.5) is 5.82 Å². The largest absolute Gasteiger partial charge is 0.354 e. The van der Waals surface area contributed by atoms with Gasteiger partial charge in [-0.1, -0.05) is 19.4 Å². The molecule has 0 bridgehead atoms. The molecule has 130 valence electrons. The summed E-state index contributed by atoms with van der Waals surface area (Å²) in [5, 5.41) is 2.86. The number of nitrogens with two attached hydrogens (primary N) is 1. The zero-order chi connectivity index (χ0) is 15.9. The Morgan fingerprint density at radius 2 is 2.04 bits per heavy atom. The molecular formula is C16H28ClN5O. The molecule has 2 rings (SSSR count). The number of carbonyl (C=O) groups is 1. The van der Waals surface area contributed by atoms with Gasteiger partial charge in [0.2, 0.25) is 5.91 Å². The minimum atomic E-state index is -0.414. The average Bonchev–Trinajstić information content (AvgIpc) is 2.54. The summed E-state index contributed by atoms with van der Waals surface area (Å²) < 4.78 is 0. The van der Waals surface area contributed by atoms with Crippen LogP contribution in [0.15, 0.2) is 18.3 Å². The number of rotatable bonds is 6. The van der Waals surface area contributed by atoms with Gasteiger partial charge in [0.15, 0.2) is 0 Å². The molecule has 23 heavy (non-hydrogen) atoms. The zero-order valence-electron chi connectivity index (χ0n) is 14.0. The molecule has 1 aromatic rings. The number of amides is 1. The van der Waals surface area contributed by atoms with E-state index in [4.69, 9.17) is 5.73 Å². The van der Waals surface area contributed by atoms with Crippen LogP contribution in [-0.2, 0) is 11.3 Å². The number of aromatic nitrogens is 1. The normalized spacial score (nSPS) is 16.6. The molecule has 0 aromatic carbocycles. The van der Waals surface area contributed by atoms with Crippen molar-refractivity contribution in [1.82, 2.24) is 15.2 Å². The van der Waals surface area contributed by atoms with Gasteiger partial charge in [-0.2, -0.15) is 0 Å². The second-order valence-electron chi connectivity index (χ2n) is 5.93. The number of pyridine rings is 1. The highest BCUT2D eigenvalue weighted by atomic mass is 35.5. The molecule has 6 nitrogen and oxygen atoms in total. The fraction of sp³-hybridized carbons (Fsp3) is 0.625. The summed E-state index contributed by atoms with van der Waals surface area (Å²) in [6, 6.07) is 3.63. The molecule has 1 unspecified atom stereocenters. The molecule has 1 aromatic heterocycles. The van der Waals surface area contributed by atoms with Crippen molar-refractivity contribution in [1.29, 1.82) is 0 Å². The summed E-state index contributed by atoms with van der Waals surface area (Å²) in [6.07, 6.45) is 3.46. The van der Waals surface area contributed by atoms with E-state index in [9.17, 15) is 4.79 Å². The Morgan fingerprint density at radius 1 is 1.35 bits per heavy atom. The first-order valence-electron chi connectivity index (χ1n) is 8.02. The molecule has 3 N–H and O–H groups in total. The van der Waals surface area contributed by atoms with Crippen molar-refractivity contribution in [3.8, 4) is 0 Å². The number of likely N-dealkylation sites (N-methyl/N-ethyl adjacent to an activating group) is 1. The summed E-state index contributed by atoms with van der Waals surface area (Å²) in [4.78, 5) is 20.9. The van der Waals surface area contributed by atoms with Crippen LogP contribution in [0.2, 0.25) is 0 Å². The number of anilines is 1. The lowest BCUT2D eigenvalue weighted by Gasteiger charge is -2.33. The van der Waals surface area contributed by atoms with Crippen molar-refractivity contribution < 1.29 is 4.79 Å². The third-order valence-electron chi connectivity index (χ3n) is 4.04. The Bertz CT molecular complexity index is 474. The minimum Gasteiger partial charge on any atom is -0.354 e. The fourth-order valence-corrected chi connectivity index (χ4v) is 2.51. The SMILES string of the molecule is CCCC(N)C(=O)NCc1ccc(N2CCN(C)CC2)nc1.Cl. The van der Waals surface area contributed by atoms with Gasteiger partial charge in [-0.3, -0.25) is 4.79 Å². The van der Waals surface area contributed by atoms with Gasteiger partial charge in [0.25, 0.3) is 0 Å². The zero-order valence-corrected chi connectivity index (χ0v) is 14.8. The van der Waals surface area contributed by atoms with Gasteiger partial charge in [-0.25, -0.2) is 4.98 Å². The van der Waals surface area contributed by atoms with E-state index in [2.05, 4.69) is 27.1 Å². The van der Waals surface area contributed by atoms with Crippen LogP contribution in [0.5, 0.6) is 0 Å². The molecule has 0 spiro atoms. The Hall–Kier alpha value is -1.37. The van der Waals surface area contributed by atoms with Gasteiger partial charge in [0.05, 0.1) is 6.04 Å². The van der Waals surface area contributed by atoms with Gasteiger partial charge in [-0.15, -0.1) is 12.4 Å². The van der Waals surface area contributed by atoms with Crippen LogP contribution in [0.1, 0.15) is 25.3 Å².